The van der Waals surface area contributed by atoms with Crippen LogP contribution in [0.15, 0.2) is 12.7 Å². The number of alkyl halides is 1. The van der Waals surface area contributed by atoms with Gasteiger partial charge in [0.25, 0.3) is 0 Å². The van der Waals surface area contributed by atoms with Gasteiger partial charge in [0, 0.05) is 0 Å². The van der Waals surface area contributed by atoms with Crippen molar-refractivity contribution in [2.75, 3.05) is 19.0 Å². The maximum Gasteiger partial charge on any atom is 0.179 e. The number of halogens is 1. The Bertz CT molecular complexity index is 745. The maximum atomic E-state index is 13.4. The van der Waals surface area contributed by atoms with Crippen molar-refractivity contribution in [3.8, 4) is 12.3 Å². The maximum absolute atomic E-state index is 13.4. The van der Waals surface area contributed by atoms with E-state index in [0.717, 1.165) is 0 Å². The summed E-state index contributed by atoms with van der Waals surface area (Å²) in [5, 5.41) is 19.7. The van der Waals surface area contributed by atoms with E-state index >= 15 is 0 Å². The van der Waals surface area contributed by atoms with Crippen LogP contribution >= 0.6 is 0 Å². The Balaban J connectivity index is 2.10. The molecule has 0 aromatic carbocycles. The number of nitrogens with two attached hydrogens (primary N) is 1. The first-order valence-electron chi connectivity index (χ1n) is 6.51. The summed E-state index contributed by atoms with van der Waals surface area (Å²) in [6, 6.07) is 0. The van der Waals surface area contributed by atoms with Crippen molar-refractivity contribution in [3.63, 3.8) is 0 Å². The fourth-order valence-corrected chi connectivity index (χ4v) is 2.65. The number of aromatic nitrogens is 4. The lowest BCUT2D eigenvalue weighted by Gasteiger charge is -2.23. The molecule has 0 bridgehead atoms. The average molecular weight is 307 g/mol. The lowest BCUT2D eigenvalue weighted by atomic mass is 9.91. The van der Waals surface area contributed by atoms with Crippen LogP contribution < -0.4 is 5.73 Å². The number of nitrogen functional groups attached to an aromatic ring is 1. The molecule has 1 aliphatic heterocycles. The molecule has 0 spiro atoms. The summed E-state index contributed by atoms with van der Waals surface area (Å²) in [5.41, 5.74) is 4.70. The second-order valence-electron chi connectivity index (χ2n) is 5.05. The molecule has 1 aliphatic rings. The molecule has 0 unspecified atom stereocenters. The summed E-state index contributed by atoms with van der Waals surface area (Å²) in [6.07, 6.45) is 5.62. The number of aliphatic hydroxyl groups excluding tert-OH is 2. The summed E-state index contributed by atoms with van der Waals surface area (Å²) >= 11 is 0. The van der Waals surface area contributed by atoms with Gasteiger partial charge in [0.05, 0.1) is 25.5 Å². The van der Waals surface area contributed by atoms with Crippen LogP contribution in [0.5, 0.6) is 0 Å². The third-order valence-corrected chi connectivity index (χ3v) is 3.90. The van der Waals surface area contributed by atoms with Gasteiger partial charge in [0.2, 0.25) is 0 Å². The van der Waals surface area contributed by atoms with Gasteiger partial charge in [-0.2, -0.15) is 0 Å². The number of aliphatic hydroxyl groups is 2. The molecule has 3 heterocycles. The molecule has 1 fully saturated rings. The SMILES string of the molecule is C#C[C@]1(CO)O[C@H](n2cnc3c(N)ncnc32)[C@@H](CF)[C@@H]1O. The van der Waals surface area contributed by atoms with Crippen molar-refractivity contribution in [1.29, 1.82) is 0 Å². The highest BCUT2D eigenvalue weighted by Crippen LogP contribution is 2.42. The van der Waals surface area contributed by atoms with E-state index in [1.807, 2.05) is 0 Å². The number of hydrogen-bond acceptors (Lipinski definition) is 7. The van der Waals surface area contributed by atoms with Gasteiger partial charge < -0.3 is 20.7 Å². The van der Waals surface area contributed by atoms with E-state index in [-0.39, 0.29) is 5.82 Å². The minimum atomic E-state index is -1.67. The molecule has 9 heteroatoms. The number of terminal acetylenes is 1. The summed E-state index contributed by atoms with van der Waals surface area (Å²) < 4.78 is 20.4. The molecule has 2 aromatic heterocycles. The summed E-state index contributed by atoms with van der Waals surface area (Å²) in [4.78, 5) is 11.9. The van der Waals surface area contributed by atoms with Gasteiger partial charge in [-0.05, 0) is 0 Å². The Hall–Kier alpha value is -2.28. The molecular weight excluding hydrogens is 293 g/mol. The molecule has 3 rings (SSSR count). The van der Waals surface area contributed by atoms with Crippen molar-refractivity contribution in [3.05, 3.63) is 12.7 Å². The number of imidazole rings is 1. The highest BCUT2D eigenvalue weighted by atomic mass is 19.1. The largest absolute Gasteiger partial charge is 0.392 e. The lowest BCUT2D eigenvalue weighted by molar-refractivity contribution is -0.0899. The number of hydrogen-bond donors (Lipinski definition) is 3. The van der Waals surface area contributed by atoms with Crippen LogP contribution in [0.1, 0.15) is 6.23 Å². The van der Waals surface area contributed by atoms with E-state index in [1.54, 1.807) is 0 Å². The zero-order chi connectivity index (χ0) is 15.9. The topological polar surface area (TPSA) is 119 Å². The third-order valence-electron chi connectivity index (χ3n) is 3.90. The molecule has 8 nitrogen and oxygen atoms in total. The first kappa shape index (κ1) is 14.6. The molecule has 4 atom stereocenters. The highest BCUT2D eigenvalue weighted by molar-refractivity contribution is 5.81. The van der Waals surface area contributed by atoms with Crippen molar-refractivity contribution in [2.24, 2.45) is 5.92 Å². The fourth-order valence-electron chi connectivity index (χ4n) is 2.65. The van der Waals surface area contributed by atoms with Crippen LogP contribution in [0.3, 0.4) is 0 Å². The van der Waals surface area contributed by atoms with Crippen LogP contribution in [-0.2, 0) is 4.74 Å². The predicted molar refractivity (Wildman–Crippen MR) is 74.0 cm³/mol. The van der Waals surface area contributed by atoms with Crippen LogP contribution in [0.2, 0.25) is 0 Å². The fraction of sp³-hybridized carbons (Fsp3) is 0.462. The van der Waals surface area contributed by atoms with Gasteiger partial charge >= 0.3 is 0 Å². The molecule has 1 saturated heterocycles. The van der Waals surface area contributed by atoms with Crippen LogP contribution in [-0.4, -0.2) is 54.7 Å². The molecule has 0 aliphatic carbocycles. The summed E-state index contributed by atoms with van der Waals surface area (Å²) in [6.45, 7) is -1.53. The average Bonchev–Trinajstić information content (AvgIpc) is 3.07. The molecular formula is C13H14FN5O3. The number of rotatable bonds is 3. The monoisotopic (exact) mass is 307 g/mol. The zero-order valence-electron chi connectivity index (χ0n) is 11.4. The van der Waals surface area contributed by atoms with Crippen molar-refractivity contribution in [1.82, 2.24) is 19.5 Å². The third kappa shape index (κ3) is 1.85. The van der Waals surface area contributed by atoms with Crippen molar-refractivity contribution < 1.29 is 19.3 Å². The van der Waals surface area contributed by atoms with Gasteiger partial charge in [0.15, 0.2) is 17.1 Å². The number of fused-ring (bicyclic) bond motifs is 1. The molecule has 4 N–H and O–H groups in total. The number of nitrogens with zero attached hydrogens (tertiary/aromatic N) is 4. The second kappa shape index (κ2) is 5.17. The molecule has 2 aromatic rings. The summed E-state index contributed by atoms with van der Waals surface area (Å²) in [7, 11) is 0. The molecule has 116 valence electrons. The molecule has 0 saturated carbocycles. The van der Waals surface area contributed by atoms with E-state index in [9.17, 15) is 14.6 Å². The second-order valence-corrected chi connectivity index (χ2v) is 5.05. The summed E-state index contributed by atoms with van der Waals surface area (Å²) in [5.74, 6) is 1.41. The minimum Gasteiger partial charge on any atom is -0.392 e. The van der Waals surface area contributed by atoms with Gasteiger partial charge in [-0.15, -0.1) is 6.42 Å². The standard InChI is InChI=1S/C13H14FN5O3/c1-2-13(4-20)9(21)7(3-14)12(22-13)19-6-18-8-10(15)16-5-17-11(8)19/h1,5-7,9,12,20-21H,3-4H2,(H2,15,16,17)/t7-,9-,12-,13+/m0/s1. The highest BCUT2D eigenvalue weighted by Gasteiger charge is 2.54. The predicted octanol–water partition coefficient (Wildman–Crippen LogP) is -0.752. The van der Waals surface area contributed by atoms with Crippen molar-refractivity contribution in [2.45, 2.75) is 17.9 Å². The normalized spacial score (nSPS) is 31.5. The van der Waals surface area contributed by atoms with E-state index in [4.69, 9.17) is 16.9 Å². The van der Waals surface area contributed by atoms with Gasteiger partial charge in [-0.3, -0.25) is 8.96 Å². The van der Waals surface area contributed by atoms with Crippen LogP contribution in [0, 0.1) is 18.3 Å². The van der Waals surface area contributed by atoms with E-state index in [0.29, 0.717) is 11.2 Å². The Morgan fingerprint density at radius 3 is 2.91 bits per heavy atom. The quantitative estimate of drug-likeness (QED) is 0.638. The van der Waals surface area contributed by atoms with E-state index in [2.05, 4.69) is 20.9 Å². The molecule has 0 radical (unpaired) electrons. The molecule has 0 amide bonds. The van der Waals surface area contributed by atoms with E-state index in [1.165, 1.54) is 17.2 Å². The minimum absolute atomic E-state index is 0.171. The van der Waals surface area contributed by atoms with Crippen LogP contribution in [0.25, 0.3) is 11.2 Å². The van der Waals surface area contributed by atoms with Gasteiger partial charge in [-0.25, -0.2) is 15.0 Å². The van der Waals surface area contributed by atoms with Gasteiger partial charge in [-0.1, -0.05) is 5.92 Å². The lowest BCUT2D eigenvalue weighted by Crippen LogP contribution is -2.43. The Labute approximate surface area is 124 Å². The Morgan fingerprint density at radius 1 is 1.50 bits per heavy atom. The first-order valence-corrected chi connectivity index (χ1v) is 6.51. The smallest absolute Gasteiger partial charge is 0.179 e. The zero-order valence-corrected chi connectivity index (χ0v) is 11.4. The van der Waals surface area contributed by atoms with E-state index < -0.39 is 37.1 Å². The Morgan fingerprint density at radius 2 is 2.27 bits per heavy atom. The van der Waals surface area contributed by atoms with Gasteiger partial charge in [0.1, 0.15) is 24.2 Å². The molecule has 22 heavy (non-hydrogen) atoms. The first-order chi connectivity index (χ1) is 10.6. The number of ether oxygens (including phenoxy) is 1. The number of anilines is 1. The van der Waals surface area contributed by atoms with Crippen molar-refractivity contribution >= 4 is 17.0 Å². The Kier molecular flexibility index (Phi) is 3.44. The van der Waals surface area contributed by atoms with Crippen LogP contribution in [0.4, 0.5) is 10.2 Å².